The van der Waals surface area contributed by atoms with E-state index in [1.807, 2.05) is 6.92 Å². The van der Waals surface area contributed by atoms with Crippen LogP contribution in [-0.2, 0) is 28.8 Å². The Morgan fingerprint density at radius 1 is 0.889 bits per heavy atom. The van der Waals surface area contributed by atoms with Crippen molar-refractivity contribution in [3.8, 4) is 0 Å². The van der Waals surface area contributed by atoms with Crippen LogP contribution in [0.1, 0.15) is 26.7 Å². The first-order valence-electron chi connectivity index (χ1n) is 8.01. The van der Waals surface area contributed by atoms with Crippen LogP contribution in [0.25, 0.3) is 0 Å². The van der Waals surface area contributed by atoms with Crippen LogP contribution in [0.2, 0.25) is 0 Å². The summed E-state index contributed by atoms with van der Waals surface area (Å²) in [5.41, 5.74) is 0. The number of hydrogen-bond donors (Lipinski definition) is 4. The summed E-state index contributed by atoms with van der Waals surface area (Å²) in [4.78, 5) is 68.2. The van der Waals surface area contributed by atoms with E-state index in [9.17, 15) is 28.8 Å². The van der Waals surface area contributed by atoms with Crippen molar-refractivity contribution < 1.29 is 39.0 Å². The Bertz CT molecular complexity index is 653. The van der Waals surface area contributed by atoms with Crippen LogP contribution in [0.15, 0.2) is 24.3 Å². The van der Waals surface area contributed by atoms with Crippen molar-refractivity contribution in [2.24, 2.45) is 5.92 Å². The summed E-state index contributed by atoms with van der Waals surface area (Å²) in [6.45, 7) is 3.63. The van der Waals surface area contributed by atoms with Crippen LogP contribution < -0.4 is 10.6 Å². The van der Waals surface area contributed by atoms with Gasteiger partial charge in [-0.15, -0.1) is 0 Å². The summed E-state index contributed by atoms with van der Waals surface area (Å²) in [5.74, 6) is -5.26. The Labute approximate surface area is 155 Å². The maximum Gasteiger partial charge on any atom is 0.328 e. The number of carbonyl (C=O) groups is 6. The average Bonchev–Trinajstić information content (AvgIpc) is 2.60. The van der Waals surface area contributed by atoms with Gasteiger partial charge in [-0.25, -0.2) is 9.59 Å². The Kier molecular flexibility index (Phi) is 10.6. The van der Waals surface area contributed by atoms with Crippen LogP contribution in [0.3, 0.4) is 0 Å². The Morgan fingerprint density at radius 2 is 1.37 bits per heavy atom. The molecule has 10 heteroatoms. The molecule has 0 aliphatic rings. The molecule has 2 unspecified atom stereocenters. The molecule has 0 rings (SSSR count). The molecule has 0 aliphatic carbocycles. The van der Waals surface area contributed by atoms with Crippen molar-refractivity contribution in [1.82, 2.24) is 10.6 Å². The number of hydrogen-bond acceptors (Lipinski definition) is 6. The molecular formula is C17H22N2O8. The van der Waals surface area contributed by atoms with Crippen molar-refractivity contribution in [3.05, 3.63) is 24.3 Å². The smallest absolute Gasteiger partial charge is 0.328 e. The first kappa shape index (κ1) is 23.7. The highest BCUT2D eigenvalue weighted by Crippen LogP contribution is 2.10. The predicted molar refractivity (Wildman–Crippen MR) is 92.6 cm³/mol. The summed E-state index contributed by atoms with van der Waals surface area (Å²) in [6.07, 6.45) is 3.31. The topological polar surface area (TPSA) is 167 Å². The third-order valence-electron chi connectivity index (χ3n) is 3.46. The van der Waals surface area contributed by atoms with Crippen LogP contribution in [0, 0.1) is 5.92 Å². The van der Waals surface area contributed by atoms with E-state index < -0.39 is 41.6 Å². The molecule has 0 aromatic heterocycles. The van der Waals surface area contributed by atoms with Gasteiger partial charge in [0.25, 0.3) is 0 Å². The average molecular weight is 382 g/mol. The zero-order valence-electron chi connectivity index (χ0n) is 14.9. The molecule has 0 aliphatic heterocycles. The molecule has 27 heavy (non-hydrogen) atoms. The fraction of sp³-hybridized carbons (Fsp3) is 0.412. The van der Waals surface area contributed by atoms with Gasteiger partial charge in [-0.2, -0.15) is 0 Å². The van der Waals surface area contributed by atoms with Crippen LogP contribution in [-0.4, -0.2) is 58.1 Å². The summed E-state index contributed by atoms with van der Waals surface area (Å²) < 4.78 is 0. The number of nitrogens with one attached hydrogen (secondary N) is 2. The minimum Gasteiger partial charge on any atom is -0.478 e. The van der Waals surface area contributed by atoms with E-state index in [1.165, 1.54) is 0 Å². The molecule has 0 heterocycles. The van der Waals surface area contributed by atoms with E-state index in [2.05, 4.69) is 10.6 Å². The van der Waals surface area contributed by atoms with E-state index in [-0.39, 0.29) is 18.6 Å². The molecule has 0 fully saturated rings. The van der Waals surface area contributed by atoms with Gasteiger partial charge in [0.1, 0.15) is 18.4 Å². The minimum atomic E-state index is -1.46. The number of carbonyl (C=O) groups excluding carboxylic acids is 4. The number of carboxylic acids is 2. The highest BCUT2D eigenvalue weighted by atomic mass is 16.4. The number of amides is 2. The molecule has 0 bridgehead atoms. The lowest BCUT2D eigenvalue weighted by molar-refractivity contribution is -0.132. The first-order valence-corrected chi connectivity index (χ1v) is 8.01. The molecule has 0 saturated heterocycles. The van der Waals surface area contributed by atoms with Gasteiger partial charge in [0, 0.05) is 30.7 Å². The molecule has 0 spiro atoms. The van der Waals surface area contributed by atoms with Gasteiger partial charge in [0.05, 0.1) is 0 Å². The summed E-state index contributed by atoms with van der Waals surface area (Å²) >= 11 is 0. The minimum absolute atomic E-state index is 0.00919. The fourth-order valence-electron chi connectivity index (χ4n) is 1.89. The van der Waals surface area contributed by atoms with Crippen molar-refractivity contribution in [3.63, 3.8) is 0 Å². The van der Waals surface area contributed by atoms with E-state index in [1.54, 1.807) is 6.92 Å². The standard InChI is InChI=1S/C17H22N2O8/c1-3-10(2)8-12(21)17(19-14(23)5-7-16(26)27)11(9-20)18-13(22)4-6-15(24)25/h4-7,9-11,17H,3,8H2,1-2H3,(H,18,22)(H,19,23)(H,24,25)(H,26,27)/b6-4-,7-5-/t10-,11?,17?/m1/s1. The number of aliphatic carboxylic acids is 2. The number of rotatable bonds is 12. The molecule has 0 radical (unpaired) electrons. The second kappa shape index (κ2) is 12.1. The predicted octanol–water partition coefficient (Wildman–Crippen LogP) is -0.558. The van der Waals surface area contributed by atoms with E-state index in [4.69, 9.17) is 10.2 Å². The normalized spacial score (nSPS) is 14.3. The van der Waals surface area contributed by atoms with Gasteiger partial charge < -0.3 is 25.6 Å². The van der Waals surface area contributed by atoms with Crippen LogP contribution >= 0.6 is 0 Å². The third-order valence-corrected chi connectivity index (χ3v) is 3.46. The quantitative estimate of drug-likeness (QED) is 0.257. The third kappa shape index (κ3) is 10.3. The van der Waals surface area contributed by atoms with E-state index in [0.29, 0.717) is 30.7 Å². The Balaban J connectivity index is 5.43. The zero-order chi connectivity index (χ0) is 21.0. The monoisotopic (exact) mass is 382 g/mol. The number of Topliss-reactive ketones (excluding diaryl/α,β-unsaturated/α-hetero) is 1. The summed E-state index contributed by atoms with van der Waals surface area (Å²) in [5, 5.41) is 21.4. The maximum absolute atomic E-state index is 12.5. The Hall–Kier alpha value is -3.30. The number of ketones is 1. The molecule has 4 N–H and O–H groups in total. The molecule has 0 aromatic carbocycles. The van der Waals surface area contributed by atoms with Crippen molar-refractivity contribution in [2.45, 2.75) is 38.8 Å². The molecule has 2 amide bonds. The molecule has 3 atom stereocenters. The first-order chi connectivity index (χ1) is 12.6. The van der Waals surface area contributed by atoms with Gasteiger partial charge in [-0.1, -0.05) is 20.3 Å². The molecule has 0 saturated carbocycles. The van der Waals surface area contributed by atoms with Crippen molar-refractivity contribution >= 4 is 35.8 Å². The van der Waals surface area contributed by atoms with Gasteiger partial charge in [0.15, 0.2) is 5.78 Å². The number of carboxylic acid groups (broad SMARTS) is 2. The fourth-order valence-corrected chi connectivity index (χ4v) is 1.89. The molecule has 148 valence electrons. The second-order valence-electron chi connectivity index (χ2n) is 5.68. The van der Waals surface area contributed by atoms with E-state index in [0.717, 1.165) is 0 Å². The SMILES string of the molecule is CC[C@@H](C)CC(=O)C(NC(=O)/C=C\C(=O)O)C(C=O)NC(=O)/C=C\C(=O)O. The molecule has 10 nitrogen and oxygen atoms in total. The molecule has 0 aromatic rings. The zero-order valence-corrected chi connectivity index (χ0v) is 14.9. The Morgan fingerprint density at radius 3 is 1.78 bits per heavy atom. The maximum atomic E-state index is 12.5. The van der Waals surface area contributed by atoms with Gasteiger partial charge in [-0.3, -0.25) is 14.4 Å². The highest BCUT2D eigenvalue weighted by Gasteiger charge is 2.30. The van der Waals surface area contributed by atoms with Gasteiger partial charge in [0.2, 0.25) is 11.8 Å². The van der Waals surface area contributed by atoms with E-state index >= 15 is 0 Å². The van der Waals surface area contributed by atoms with Crippen LogP contribution in [0.5, 0.6) is 0 Å². The highest BCUT2D eigenvalue weighted by molar-refractivity contribution is 6.00. The summed E-state index contributed by atoms with van der Waals surface area (Å²) in [6, 6.07) is -2.90. The lowest BCUT2D eigenvalue weighted by atomic mass is 9.94. The molecular weight excluding hydrogens is 360 g/mol. The largest absolute Gasteiger partial charge is 0.478 e. The lowest BCUT2D eigenvalue weighted by Crippen LogP contribution is -2.56. The van der Waals surface area contributed by atoms with Gasteiger partial charge in [-0.05, 0) is 5.92 Å². The van der Waals surface area contributed by atoms with Crippen molar-refractivity contribution in [1.29, 1.82) is 0 Å². The number of aldehydes is 1. The second-order valence-corrected chi connectivity index (χ2v) is 5.68. The van der Waals surface area contributed by atoms with Crippen molar-refractivity contribution in [2.75, 3.05) is 0 Å². The van der Waals surface area contributed by atoms with Crippen LogP contribution in [0.4, 0.5) is 0 Å². The lowest BCUT2D eigenvalue weighted by Gasteiger charge is -2.24. The summed E-state index contributed by atoms with van der Waals surface area (Å²) in [7, 11) is 0. The van der Waals surface area contributed by atoms with Gasteiger partial charge >= 0.3 is 11.9 Å².